The lowest BCUT2D eigenvalue weighted by Crippen LogP contribution is -2.15. The van der Waals surface area contributed by atoms with Gasteiger partial charge in [-0.15, -0.1) is 0 Å². The smallest absolute Gasteiger partial charge is 0.0845 e. The number of hydrogen-bond donors (Lipinski definition) is 1. The van der Waals surface area contributed by atoms with E-state index in [1.165, 1.54) is 22.0 Å². The number of thioether (sulfide) groups is 1. The maximum absolute atomic E-state index is 6.06. The molecule has 106 valence electrons. The molecule has 0 aromatic heterocycles. The molecule has 0 radical (unpaired) electrons. The zero-order valence-corrected chi connectivity index (χ0v) is 13.0. The summed E-state index contributed by atoms with van der Waals surface area (Å²) in [5.41, 5.74) is 11.6. The molecule has 2 N–H and O–H groups in total. The van der Waals surface area contributed by atoms with E-state index in [1.807, 2.05) is 24.3 Å². The van der Waals surface area contributed by atoms with E-state index in [-0.39, 0.29) is 0 Å². The van der Waals surface area contributed by atoms with Crippen molar-refractivity contribution in [2.45, 2.75) is 13.8 Å². The van der Waals surface area contributed by atoms with Gasteiger partial charge in [0.25, 0.3) is 0 Å². The van der Waals surface area contributed by atoms with Crippen LogP contribution in [0.1, 0.15) is 18.1 Å². The Morgan fingerprint density at radius 3 is 2.48 bits per heavy atom. The van der Waals surface area contributed by atoms with Crippen LogP contribution < -0.4 is 10.6 Å². The van der Waals surface area contributed by atoms with Gasteiger partial charge in [-0.05, 0) is 48.6 Å². The van der Waals surface area contributed by atoms with Gasteiger partial charge in [0.1, 0.15) is 0 Å². The van der Waals surface area contributed by atoms with Crippen molar-refractivity contribution in [2.24, 2.45) is 0 Å². The Bertz CT molecular complexity index is 732. The average molecular weight is 294 g/mol. The van der Waals surface area contributed by atoms with Crippen LogP contribution in [0.5, 0.6) is 0 Å². The van der Waals surface area contributed by atoms with Crippen LogP contribution in [0.2, 0.25) is 0 Å². The third-order valence-electron chi connectivity index (χ3n) is 3.55. The number of rotatable bonds is 2. The molecule has 0 atom stereocenters. The highest BCUT2D eigenvalue weighted by Crippen LogP contribution is 2.40. The SMILES string of the molecule is CC1=CS/C(=C\c2ccccc2N)N1c1ccccc1C. The first-order valence-electron chi connectivity index (χ1n) is 6.92. The van der Waals surface area contributed by atoms with Crippen molar-refractivity contribution < 1.29 is 0 Å². The Labute approximate surface area is 130 Å². The van der Waals surface area contributed by atoms with Gasteiger partial charge >= 0.3 is 0 Å². The van der Waals surface area contributed by atoms with Gasteiger partial charge in [0.2, 0.25) is 0 Å². The van der Waals surface area contributed by atoms with Gasteiger partial charge in [-0.1, -0.05) is 48.2 Å². The van der Waals surface area contributed by atoms with Crippen LogP contribution in [-0.4, -0.2) is 0 Å². The Balaban J connectivity index is 2.04. The molecular formula is C18H18N2S. The number of aryl methyl sites for hydroxylation is 1. The van der Waals surface area contributed by atoms with Crippen LogP contribution in [0.3, 0.4) is 0 Å². The molecule has 3 heteroatoms. The molecule has 1 aliphatic rings. The Morgan fingerprint density at radius 2 is 1.71 bits per heavy atom. The highest BCUT2D eigenvalue weighted by Gasteiger charge is 2.21. The summed E-state index contributed by atoms with van der Waals surface area (Å²) in [4.78, 5) is 2.28. The van der Waals surface area contributed by atoms with Gasteiger partial charge < -0.3 is 10.6 Å². The molecule has 0 unspecified atom stereocenters. The van der Waals surface area contributed by atoms with E-state index in [4.69, 9.17) is 5.73 Å². The summed E-state index contributed by atoms with van der Waals surface area (Å²) in [5.74, 6) is 0. The van der Waals surface area contributed by atoms with Gasteiger partial charge in [0, 0.05) is 17.1 Å². The van der Waals surface area contributed by atoms with Crippen molar-refractivity contribution >= 4 is 29.2 Å². The number of nitrogens with zero attached hydrogens (tertiary/aromatic N) is 1. The Morgan fingerprint density at radius 1 is 1.00 bits per heavy atom. The second-order valence-electron chi connectivity index (χ2n) is 5.11. The molecule has 0 saturated heterocycles. The van der Waals surface area contributed by atoms with E-state index in [0.717, 1.165) is 11.3 Å². The van der Waals surface area contributed by atoms with Crippen molar-refractivity contribution in [1.82, 2.24) is 0 Å². The van der Waals surface area contributed by atoms with E-state index in [9.17, 15) is 0 Å². The standard InChI is InChI=1S/C18H18N2S/c1-13-7-3-6-10-17(13)20-14(2)12-21-18(20)11-15-8-4-5-9-16(15)19/h3-12H,19H2,1-2H3/b18-11-. The van der Waals surface area contributed by atoms with Crippen LogP contribution >= 0.6 is 11.8 Å². The van der Waals surface area contributed by atoms with Gasteiger partial charge in [-0.3, -0.25) is 0 Å². The van der Waals surface area contributed by atoms with Gasteiger partial charge in [0.15, 0.2) is 0 Å². The number of para-hydroxylation sites is 2. The van der Waals surface area contributed by atoms with Crippen LogP contribution in [0.4, 0.5) is 11.4 Å². The number of allylic oxidation sites excluding steroid dienone is 1. The van der Waals surface area contributed by atoms with Gasteiger partial charge in [-0.25, -0.2) is 0 Å². The average Bonchev–Trinajstić information content (AvgIpc) is 2.83. The quantitative estimate of drug-likeness (QED) is 0.791. The topological polar surface area (TPSA) is 29.3 Å². The zero-order chi connectivity index (χ0) is 14.8. The molecule has 1 aliphatic heterocycles. The van der Waals surface area contributed by atoms with Crippen LogP contribution in [0.25, 0.3) is 6.08 Å². The molecule has 0 amide bonds. The van der Waals surface area contributed by atoms with Crippen LogP contribution in [0, 0.1) is 6.92 Å². The van der Waals surface area contributed by atoms with E-state index >= 15 is 0 Å². The van der Waals surface area contributed by atoms with E-state index in [0.29, 0.717) is 0 Å². The molecule has 0 aliphatic carbocycles. The van der Waals surface area contributed by atoms with Crippen molar-refractivity contribution in [3.05, 3.63) is 75.8 Å². The van der Waals surface area contributed by atoms with Crippen LogP contribution in [-0.2, 0) is 0 Å². The first-order valence-corrected chi connectivity index (χ1v) is 7.80. The summed E-state index contributed by atoms with van der Waals surface area (Å²) in [7, 11) is 0. The first kappa shape index (κ1) is 13.8. The predicted octanol–water partition coefficient (Wildman–Crippen LogP) is 4.99. The summed E-state index contributed by atoms with van der Waals surface area (Å²) in [6, 6.07) is 16.4. The highest BCUT2D eigenvalue weighted by atomic mass is 32.2. The number of benzene rings is 2. The minimum Gasteiger partial charge on any atom is -0.398 e. The molecule has 2 aromatic carbocycles. The van der Waals surface area contributed by atoms with Gasteiger partial charge in [0.05, 0.1) is 5.03 Å². The third kappa shape index (κ3) is 2.69. The fourth-order valence-corrected chi connectivity index (χ4v) is 3.36. The minimum absolute atomic E-state index is 0.805. The number of hydrogen-bond acceptors (Lipinski definition) is 3. The summed E-state index contributed by atoms with van der Waals surface area (Å²) in [6.45, 7) is 4.27. The largest absolute Gasteiger partial charge is 0.398 e. The summed E-state index contributed by atoms with van der Waals surface area (Å²) in [6.07, 6.45) is 2.15. The maximum Gasteiger partial charge on any atom is 0.0845 e. The molecule has 0 saturated carbocycles. The summed E-state index contributed by atoms with van der Waals surface area (Å²) >= 11 is 1.74. The molecular weight excluding hydrogens is 276 g/mol. The normalized spacial score (nSPS) is 16.4. The molecule has 0 bridgehead atoms. The molecule has 3 rings (SSSR count). The second-order valence-corrected chi connectivity index (χ2v) is 6.00. The number of anilines is 2. The van der Waals surface area contributed by atoms with Crippen molar-refractivity contribution in [3.63, 3.8) is 0 Å². The van der Waals surface area contributed by atoms with Crippen molar-refractivity contribution in [1.29, 1.82) is 0 Å². The van der Waals surface area contributed by atoms with Crippen molar-refractivity contribution in [2.75, 3.05) is 10.6 Å². The summed E-state index contributed by atoms with van der Waals surface area (Å²) < 4.78 is 0. The highest BCUT2D eigenvalue weighted by molar-refractivity contribution is 8.06. The van der Waals surface area contributed by atoms with Crippen LogP contribution in [0.15, 0.2) is 64.7 Å². The second kappa shape index (κ2) is 5.70. The lowest BCUT2D eigenvalue weighted by atomic mass is 10.1. The van der Waals surface area contributed by atoms with E-state index in [2.05, 4.69) is 54.5 Å². The minimum atomic E-state index is 0.805. The van der Waals surface area contributed by atoms with Gasteiger partial charge in [-0.2, -0.15) is 0 Å². The number of nitrogen functional groups attached to an aromatic ring is 1. The lowest BCUT2D eigenvalue weighted by molar-refractivity contribution is 1.14. The molecule has 2 aromatic rings. The van der Waals surface area contributed by atoms with Crippen molar-refractivity contribution in [3.8, 4) is 0 Å². The molecule has 0 spiro atoms. The maximum atomic E-state index is 6.06. The lowest BCUT2D eigenvalue weighted by Gasteiger charge is -2.23. The van der Waals surface area contributed by atoms with E-state index in [1.54, 1.807) is 11.8 Å². The molecule has 2 nitrogen and oxygen atoms in total. The summed E-state index contributed by atoms with van der Waals surface area (Å²) in [5, 5.41) is 3.36. The molecule has 21 heavy (non-hydrogen) atoms. The first-order chi connectivity index (χ1) is 10.2. The fourth-order valence-electron chi connectivity index (χ4n) is 2.42. The number of nitrogens with two attached hydrogens (primary N) is 1. The molecule has 0 fully saturated rings. The Hall–Kier alpha value is -2.13. The zero-order valence-electron chi connectivity index (χ0n) is 12.2. The third-order valence-corrected chi connectivity index (χ3v) is 4.56. The molecule has 1 heterocycles. The Kier molecular flexibility index (Phi) is 3.76. The fraction of sp³-hybridized carbons (Fsp3) is 0.111. The van der Waals surface area contributed by atoms with E-state index < -0.39 is 0 Å². The predicted molar refractivity (Wildman–Crippen MR) is 93.8 cm³/mol. The monoisotopic (exact) mass is 294 g/mol.